The molecule has 0 unspecified atom stereocenters. The fourth-order valence-electron chi connectivity index (χ4n) is 5.71. The van der Waals surface area contributed by atoms with Crippen LogP contribution in [-0.2, 0) is 49.1 Å². The van der Waals surface area contributed by atoms with Crippen molar-refractivity contribution < 1.29 is 22.4 Å². The molecule has 3 aromatic carbocycles. The molecule has 250 valence electrons. The first-order valence-corrected chi connectivity index (χ1v) is 16.2. The van der Waals surface area contributed by atoms with E-state index in [-0.39, 0.29) is 24.6 Å². The number of aryl methyl sites for hydroxylation is 1. The summed E-state index contributed by atoms with van der Waals surface area (Å²) in [7, 11) is 0. The molecule has 0 saturated heterocycles. The number of aromatic nitrogens is 5. The Hall–Kier alpha value is -4.58. The summed E-state index contributed by atoms with van der Waals surface area (Å²) in [5.74, 6) is 1.49. The maximum absolute atomic E-state index is 13.5. The molecule has 0 amide bonds. The topological polar surface area (TPSA) is 82.7 Å². The van der Waals surface area contributed by atoms with Crippen LogP contribution in [0.15, 0.2) is 82.7 Å². The van der Waals surface area contributed by atoms with Gasteiger partial charge in [0.2, 0.25) is 0 Å². The Labute approximate surface area is 280 Å². The van der Waals surface area contributed by atoms with E-state index in [4.69, 9.17) is 0 Å². The van der Waals surface area contributed by atoms with E-state index >= 15 is 0 Å². The van der Waals surface area contributed by atoms with E-state index in [9.17, 15) is 27.2 Å². The number of thioether (sulfide) groups is 1. The molecule has 5 aromatic rings. The van der Waals surface area contributed by atoms with Crippen molar-refractivity contribution in [2.45, 2.75) is 76.6 Å². The molecular formula is C36H35F4N5O2S. The van der Waals surface area contributed by atoms with Gasteiger partial charge in [0.15, 0.2) is 11.0 Å². The van der Waals surface area contributed by atoms with Gasteiger partial charge >= 0.3 is 6.18 Å². The molecule has 1 aliphatic carbocycles. The van der Waals surface area contributed by atoms with E-state index < -0.39 is 11.7 Å². The number of carbonyl (C=O) groups is 1. The van der Waals surface area contributed by atoms with Crippen LogP contribution in [0.3, 0.4) is 0 Å². The highest BCUT2D eigenvalue weighted by molar-refractivity contribution is 7.98. The van der Waals surface area contributed by atoms with Crippen molar-refractivity contribution >= 4 is 17.5 Å². The second-order valence-electron chi connectivity index (χ2n) is 11.6. The predicted octanol–water partition coefficient (Wildman–Crippen LogP) is 7.70. The van der Waals surface area contributed by atoms with Crippen LogP contribution in [0.4, 0.5) is 17.6 Å². The summed E-state index contributed by atoms with van der Waals surface area (Å²) in [5.41, 5.74) is 3.96. The second kappa shape index (κ2) is 14.7. The zero-order valence-electron chi connectivity index (χ0n) is 25.6. The van der Waals surface area contributed by atoms with E-state index in [0.717, 1.165) is 47.4 Å². The van der Waals surface area contributed by atoms with Gasteiger partial charge in [0.1, 0.15) is 17.4 Å². The van der Waals surface area contributed by atoms with Gasteiger partial charge in [-0.2, -0.15) is 18.2 Å². The van der Waals surface area contributed by atoms with Gasteiger partial charge < -0.3 is 13.9 Å². The van der Waals surface area contributed by atoms with Crippen LogP contribution in [0.1, 0.15) is 66.8 Å². The van der Waals surface area contributed by atoms with Crippen LogP contribution in [0.25, 0.3) is 11.1 Å². The molecular weight excluding hydrogens is 642 g/mol. The SMILES string of the molecule is C.CC(=O)CCc1nnc(Cn2c(SCc3ccc(F)cc3)nc(=O)c3c2CCC3)n1Cc1ccc(-c2ccc(C(F)(F)F)cc2)cc1. The number of rotatable bonds is 11. The van der Waals surface area contributed by atoms with Crippen molar-refractivity contribution in [2.24, 2.45) is 0 Å². The van der Waals surface area contributed by atoms with Gasteiger partial charge in [0.25, 0.3) is 5.56 Å². The number of ketones is 1. The van der Waals surface area contributed by atoms with Crippen LogP contribution >= 0.6 is 11.8 Å². The highest BCUT2D eigenvalue weighted by atomic mass is 32.2. The third kappa shape index (κ3) is 7.92. The summed E-state index contributed by atoms with van der Waals surface area (Å²) < 4.78 is 56.5. The van der Waals surface area contributed by atoms with Crippen molar-refractivity contribution in [3.63, 3.8) is 0 Å². The molecule has 1 aliphatic rings. The molecule has 2 aromatic heterocycles. The van der Waals surface area contributed by atoms with E-state index in [2.05, 4.69) is 15.2 Å². The number of halogens is 4. The van der Waals surface area contributed by atoms with Crippen molar-refractivity contribution in [3.8, 4) is 11.1 Å². The van der Waals surface area contributed by atoms with E-state index in [1.54, 1.807) is 12.1 Å². The van der Waals surface area contributed by atoms with Crippen molar-refractivity contribution in [2.75, 3.05) is 0 Å². The predicted molar refractivity (Wildman–Crippen MR) is 177 cm³/mol. The molecule has 0 radical (unpaired) electrons. The lowest BCUT2D eigenvalue weighted by atomic mass is 10.0. The summed E-state index contributed by atoms with van der Waals surface area (Å²) in [4.78, 5) is 29.2. The number of Topliss-reactive ketones (excluding diaryl/α,β-unsaturated/α-hetero) is 1. The summed E-state index contributed by atoms with van der Waals surface area (Å²) in [6.45, 7) is 2.23. The number of fused-ring (bicyclic) bond motifs is 1. The molecule has 0 fully saturated rings. The van der Waals surface area contributed by atoms with Crippen LogP contribution in [0, 0.1) is 5.82 Å². The molecule has 0 N–H and O–H groups in total. The van der Waals surface area contributed by atoms with Crippen molar-refractivity contribution in [1.82, 2.24) is 24.3 Å². The van der Waals surface area contributed by atoms with E-state index in [0.29, 0.717) is 66.0 Å². The van der Waals surface area contributed by atoms with Crippen LogP contribution in [-0.4, -0.2) is 30.1 Å². The lowest BCUT2D eigenvalue weighted by Crippen LogP contribution is -2.23. The Morgan fingerprint density at radius 3 is 2.10 bits per heavy atom. The molecule has 0 atom stereocenters. The van der Waals surface area contributed by atoms with Crippen molar-refractivity contribution in [1.29, 1.82) is 0 Å². The first-order chi connectivity index (χ1) is 22.5. The van der Waals surface area contributed by atoms with Gasteiger partial charge in [-0.15, -0.1) is 10.2 Å². The summed E-state index contributed by atoms with van der Waals surface area (Å²) in [5, 5.41) is 9.52. The van der Waals surface area contributed by atoms with Gasteiger partial charge in [0, 0.05) is 29.9 Å². The van der Waals surface area contributed by atoms with E-state index in [1.165, 1.54) is 43.0 Å². The number of benzene rings is 3. The Balaban J connectivity index is 0.00000451. The minimum absolute atomic E-state index is 0. The van der Waals surface area contributed by atoms with Gasteiger partial charge in [0.05, 0.1) is 18.7 Å². The number of hydrogen-bond donors (Lipinski definition) is 0. The zero-order valence-corrected chi connectivity index (χ0v) is 26.4. The second-order valence-corrected chi connectivity index (χ2v) is 12.5. The number of hydrogen-bond acceptors (Lipinski definition) is 6. The standard InChI is InChI=1S/C35H31F4N5O2S.CH4/c1-22(45)5-18-31-41-42-32(44(31)19-23-6-10-25(11-7-23)26-12-14-27(15-13-26)35(37,38)39)20-43-30-4-2-3-29(30)33(46)40-34(43)47-21-24-8-16-28(36)17-9-24;/h6-17H,2-5,18-21H2,1H3;1H4. The summed E-state index contributed by atoms with van der Waals surface area (Å²) in [6.07, 6.45) is -1.45. The lowest BCUT2D eigenvalue weighted by Gasteiger charge is -2.18. The molecule has 0 aliphatic heterocycles. The number of carbonyl (C=O) groups excluding carboxylic acids is 1. The number of alkyl halides is 3. The smallest absolute Gasteiger partial charge is 0.316 e. The first kappa shape index (κ1) is 34.7. The first-order valence-electron chi connectivity index (χ1n) is 15.2. The van der Waals surface area contributed by atoms with Gasteiger partial charge in [-0.3, -0.25) is 4.79 Å². The molecule has 0 saturated carbocycles. The average Bonchev–Trinajstić information content (AvgIpc) is 3.69. The third-order valence-corrected chi connectivity index (χ3v) is 9.27. The largest absolute Gasteiger partial charge is 0.416 e. The van der Waals surface area contributed by atoms with E-state index in [1.807, 2.05) is 33.4 Å². The Bertz CT molecular complexity index is 1950. The Morgan fingerprint density at radius 2 is 1.46 bits per heavy atom. The molecule has 48 heavy (non-hydrogen) atoms. The molecule has 2 heterocycles. The van der Waals surface area contributed by atoms with Crippen LogP contribution < -0.4 is 5.56 Å². The third-order valence-electron chi connectivity index (χ3n) is 8.23. The van der Waals surface area contributed by atoms with Gasteiger partial charge in [-0.05, 0) is 72.7 Å². The molecule has 6 rings (SSSR count). The summed E-state index contributed by atoms with van der Waals surface area (Å²) >= 11 is 1.40. The highest BCUT2D eigenvalue weighted by Gasteiger charge is 2.30. The maximum atomic E-state index is 13.5. The Kier molecular flexibility index (Phi) is 10.6. The molecule has 0 spiro atoms. The van der Waals surface area contributed by atoms with Gasteiger partial charge in [-0.25, -0.2) is 4.39 Å². The normalized spacial score (nSPS) is 12.5. The maximum Gasteiger partial charge on any atom is 0.416 e. The highest BCUT2D eigenvalue weighted by Crippen LogP contribution is 2.31. The summed E-state index contributed by atoms with van der Waals surface area (Å²) in [6, 6.07) is 18.8. The Morgan fingerprint density at radius 1 is 0.833 bits per heavy atom. The van der Waals surface area contributed by atoms with Crippen LogP contribution in [0.5, 0.6) is 0 Å². The van der Waals surface area contributed by atoms with Crippen molar-refractivity contribution in [3.05, 3.63) is 129 Å². The zero-order chi connectivity index (χ0) is 33.1. The fraction of sp³-hybridized carbons (Fsp3) is 0.306. The fourth-order valence-corrected chi connectivity index (χ4v) is 6.68. The van der Waals surface area contributed by atoms with Gasteiger partial charge in [-0.1, -0.05) is 67.7 Å². The average molecular weight is 678 g/mol. The minimum Gasteiger partial charge on any atom is -0.316 e. The molecule has 0 bridgehead atoms. The lowest BCUT2D eigenvalue weighted by molar-refractivity contribution is -0.137. The minimum atomic E-state index is -4.40. The molecule has 7 nitrogen and oxygen atoms in total. The quantitative estimate of drug-likeness (QED) is 0.0810. The molecule has 12 heteroatoms. The van der Waals surface area contributed by atoms with Crippen LogP contribution in [0.2, 0.25) is 0 Å². The monoisotopic (exact) mass is 677 g/mol. The number of nitrogens with zero attached hydrogens (tertiary/aromatic N) is 5.